The van der Waals surface area contributed by atoms with Crippen LogP contribution in [0.4, 0.5) is 4.79 Å². The van der Waals surface area contributed by atoms with Crippen LogP contribution < -0.4 is 0 Å². The molecule has 0 radical (unpaired) electrons. The number of hydrogen-bond acceptors (Lipinski definition) is 2. The molecular weight excluding hydrogens is 183 g/mol. The van der Waals surface area contributed by atoms with Gasteiger partial charge in [-0.05, 0) is 0 Å². The van der Waals surface area contributed by atoms with Gasteiger partial charge in [0.2, 0.25) is 0 Å². The molecule has 0 spiro atoms. The molecule has 1 N–H and O–H groups in total. The molecule has 0 aromatic rings. The van der Waals surface area contributed by atoms with Gasteiger partial charge in [0.05, 0.1) is 0 Å². The van der Waals surface area contributed by atoms with Crippen LogP contribution in [0.3, 0.4) is 0 Å². The van der Waals surface area contributed by atoms with Gasteiger partial charge in [-0.25, -0.2) is 0 Å². The van der Waals surface area contributed by atoms with E-state index in [-0.39, 0.29) is 0 Å². The van der Waals surface area contributed by atoms with E-state index in [0.29, 0.717) is 4.64 Å². The zero-order valence-electron chi connectivity index (χ0n) is 6.21. The quantitative estimate of drug-likeness (QED) is 0.661. The number of rotatable bonds is 2. The van der Waals surface area contributed by atoms with Crippen molar-refractivity contribution in [2.45, 2.75) is 17.5 Å². The van der Waals surface area contributed by atoms with Crippen LogP contribution in [0.2, 0.25) is 0 Å². The van der Waals surface area contributed by atoms with Gasteiger partial charge in [0.25, 0.3) is 0 Å². The summed E-state index contributed by atoms with van der Waals surface area (Å²) in [6.45, 7) is 1.10. The molecule has 0 aromatic carbocycles. The third kappa shape index (κ3) is 2.03. The summed E-state index contributed by atoms with van der Waals surface area (Å²) < 4.78 is -0.0174. The molecule has 0 aromatic heterocycles. The number of nitrogens with zero attached hydrogens (tertiary/aromatic N) is 1. The number of likely N-dealkylation sites (tertiary alicyclic amines) is 1. The Labute approximate surface area is 68.0 Å². The molecule has 1 fully saturated rings. The van der Waals surface area contributed by atoms with Crippen LogP contribution in [0.15, 0.2) is 0 Å². The van der Waals surface area contributed by atoms with E-state index in [1.165, 1.54) is 6.42 Å². The molecule has 3 nitrogen and oxygen atoms in total. The molecule has 0 bridgehead atoms. The zero-order chi connectivity index (χ0) is 7.56. The molecule has 54 valence electrons. The molecule has 1 saturated heterocycles. The standard InChI is InChI=1S/C5H10N.CHO2.Zn/c1-6-4-2-3-5-6;2-1-3;/h4H,2-3,5H2,1H3;(H,2,3);. The average molecular weight is 195 g/mol. The molecule has 0 amide bonds. The molecule has 0 aliphatic carbocycles. The molecule has 1 rings (SSSR count). The first-order chi connectivity index (χ1) is 4.70. The fourth-order valence-electron chi connectivity index (χ4n) is 1.44. The summed E-state index contributed by atoms with van der Waals surface area (Å²) >= 11 is -1.30. The van der Waals surface area contributed by atoms with Gasteiger partial charge >= 0.3 is 67.6 Å². The topological polar surface area (TPSA) is 40.5 Å². The van der Waals surface area contributed by atoms with E-state index >= 15 is 0 Å². The Morgan fingerprint density at radius 2 is 2.50 bits per heavy atom. The van der Waals surface area contributed by atoms with Crippen LogP contribution in [0.5, 0.6) is 0 Å². The molecule has 1 atom stereocenters. The minimum absolute atomic E-state index is 0.477. The third-order valence-electron chi connectivity index (χ3n) is 2.08. The van der Waals surface area contributed by atoms with Crippen molar-refractivity contribution < 1.29 is 27.0 Å². The van der Waals surface area contributed by atoms with Gasteiger partial charge < -0.3 is 0 Å². The maximum atomic E-state index is 10.4. The normalized spacial score (nSPS) is 26.3. The van der Waals surface area contributed by atoms with E-state index in [9.17, 15) is 4.79 Å². The Bertz CT molecular complexity index is 140. The monoisotopic (exact) mass is 193 g/mol. The predicted octanol–water partition coefficient (Wildman–Crippen LogP) is 0.799. The van der Waals surface area contributed by atoms with Gasteiger partial charge in [-0.3, -0.25) is 0 Å². The van der Waals surface area contributed by atoms with E-state index in [1.54, 1.807) is 0 Å². The van der Waals surface area contributed by atoms with Gasteiger partial charge in [0.15, 0.2) is 0 Å². The van der Waals surface area contributed by atoms with Crippen LogP contribution in [-0.2, 0) is 17.1 Å². The van der Waals surface area contributed by atoms with Crippen molar-refractivity contribution >= 4 is 4.56 Å². The fraction of sp³-hybridized carbons (Fsp3) is 0.833. The molecule has 10 heavy (non-hydrogen) atoms. The van der Waals surface area contributed by atoms with Gasteiger partial charge in [-0.15, -0.1) is 0 Å². The van der Waals surface area contributed by atoms with Crippen LogP contribution >= 0.6 is 0 Å². The van der Waals surface area contributed by atoms with Crippen molar-refractivity contribution in [2.75, 3.05) is 13.6 Å². The van der Waals surface area contributed by atoms with Gasteiger partial charge in [-0.1, -0.05) is 0 Å². The summed E-state index contributed by atoms with van der Waals surface area (Å²) in [5.74, 6) is 0. The number of hydrogen-bond donors (Lipinski definition) is 1. The van der Waals surface area contributed by atoms with E-state index in [1.807, 2.05) is 7.05 Å². The SMILES string of the molecule is CN1CCC[CH]1[Zn][C](=O)O. The molecule has 4 heteroatoms. The van der Waals surface area contributed by atoms with Crippen molar-refractivity contribution in [3.63, 3.8) is 0 Å². The van der Waals surface area contributed by atoms with Crippen molar-refractivity contribution in [2.24, 2.45) is 0 Å². The summed E-state index contributed by atoms with van der Waals surface area (Å²) in [6, 6.07) is 0. The Morgan fingerprint density at radius 3 is 2.90 bits per heavy atom. The second-order valence-electron chi connectivity index (χ2n) is 2.87. The fourth-order valence-corrected chi connectivity index (χ4v) is 4.36. The van der Waals surface area contributed by atoms with Crippen LogP contribution in [0, 0.1) is 0 Å². The molecule has 1 unspecified atom stereocenters. The van der Waals surface area contributed by atoms with Crippen LogP contribution in [0.1, 0.15) is 12.8 Å². The Kier molecular flexibility index (Phi) is 2.81. The summed E-state index contributed by atoms with van der Waals surface area (Å²) in [6.07, 6.45) is 2.32. The van der Waals surface area contributed by atoms with E-state index in [2.05, 4.69) is 4.90 Å². The first-order valence-corrected chi connectivity index (χ1v) is 6.82. The number of carbonyl (C=O) groups is 1. The second kappa shape index (κ2) is 3.45. The van der Waals surface area contributed by atoms with Gasteiger partial charge in [0, 0.05) is 0 Å². The molecule has 1 aliphatic rings. The van der Waals surface area contributed by atoms with Gasteiger partial charge in [0.1, 0.15) is 0 Å². The predicted molar refractivity (Wildman–Crippen MR) is 33.7 cm³/mol. The summed E-state index contributed by atoms with van der Waals surface area (Å²) in [4.78, 5) is 12.6. The van der Waals surface area contributed by atoms with Crippen molar-refractivity contribution in [1.29, 1.82) is 0 Å². The number of carboxylic acid groups (broad SMARTS) is 1. The van der Waals surface area contributed by atoms with Crippen molar-refractivity contribution in [3.8, 4) is 0 Å². The van der Waals surface area contributed by atoms with E-state index in [4.69, 9.17) is 5.11 Å². The molecular formula is C6H11NO2Zn. The molecule has 1 heterocycles. The first-order valence-electron chi connectivity index (χ1n) is 3.62. The molecule has 1 aliphatic heterocycles. The zero-order valence-corrected chi connectivity index (χ0v) is 9.18. The van der Waals surface area contributed by atoms with Gasteiger partial charge in [-0.2, -0.15) is 0 Å². The van der Waals surface area contributed by atoms with Crippen molar-refractivity contribution in [1.82, 2.24) is 4.90 Å². The Hall–Kier alpha value is 0.0534. The van der Waals surface area contributed by atoms with E-state index in [0.717, 1.165) is 13.0 Å². The summed E-state index contributed by atoms with van der Waals surface area (Å²) in [7, 11) is 2.03. The van der Waals surface area contributed by atoms with Crippen molar-refractivity contribution in [3.05, 3.63) is 0 Å². The maximum absolute atomic E-state index is 10.4. The minimum atomic E-state index is -1.30. The molecule has 0 saturated carbocycles. The van der Waals surface area contributed by atoms with Crippen LogP contribution in [-0.4, -0.2) is 32.8 Å². The summed E-state index contributed by atoms with van der Waals surface area (Å²) in [5.41, 5.74) is 0. The average Bonchev–Trinajstić information content (AvgIpc) is 2.15. The third-order valence-corrected chi connectivity index (χ3v) is 5.97. The Balaban J connectivity index is 2.33. The Morgan fingerprint density at radius 1 is 1.80 bits per heavy atom. The summed E-state index contributed by atoms with van der Waals surface area (Å²) in [5, 5.41) is 8.55. The second-order valence-corrected chi connectivity index (χ2v) is 6.98. The first kappa shape index (κ1) is 8.15. The van der Waals surface area contributed by atoms with Crippen LogP contribution in [0.25, 0.3) is 0 Å². The van der Waals surface area contributed by atoms with E-state index < -0.39 is 21.7 Å².